The normalized spacial score (nSPS) is 11.2. The topological polar surface area (TPSA) is 38.3 Å². The van der Waals surface area contributed by atoms with E-state index in [0.29, 0.717) is 5.56 Å². The van der Waals surface area contributed by atoms with E-state index in [1.165, 1.54) is 0 Å². The maximum absolute atomic E-state index is 11.9. The summed E-state index contributed by atoms with van der Waals surface area (Å²) >= 11 is 0. The van der Waals surface area contributed by atoms with E-state index in [0.717, 1.165) is 30.8 Å². The SMILES string of the molecule is CCCCN/C(C)=C\C(=O)c1ccc(OC)cc1. The van der Waals surface area contributed by atoms with Crippen LogP contribution in [-0.2, 0) is 0 Å². The fraction of sp³-hybridized carbons (Fsp3) is 0.400. The lowest BCUT2D eigenvalue weighted by Crippen LogP contribution is -2.13. The molecule has 1 aromatic carbocycles. The van der Waals surface area contributed by atoms with Crippen molar-refractivity contribution in [3.63, 3.8) is 0 Å². The largest absolute Gasteiger partial charge is 0.497 e. The Balaban J connectivity index is 2.60. The molecule has 1 N–H and O–H groups in total. The molecule has 0 spiro atoms. The smallest absolute Gasteiger partial charge is 0.187 e. The molecule has 1 rings (SSSR count). The molecule has 3 heteroatoms. The Morgan fingerprint density at radius 2 is 2.00 bits per heavy atom. The quantitative estimate of drug-likeness (QED) is 0.457. The fourth-order valence-electron chi connectivity index (χ4n) is 1.55. The van der Waals surface area contributed by atoms with E-state index in [9.17, 15) is 4.79 Å². The van der Waals surface area contributed by atoms with Crippen LogP contribution in [0.5, 0.6) is 5.75 Å². The van der Waals surface area contributed by atoms with Crippen molar-refractivity contribution < 1.29 is 9.53 Å². The van der Waals surface area contributed by atoms with Crippen molar-refractivity contribution >= 4 is 5.78 Å². The van der Waals surface area contributed by atoms with Crippen LogP contribution in [0.15, 0.2) is 36.0 Å². The van der Waals surface area contributed by atoms with Gasteiger partial charge < -0.3 is 10.1 Å². The van der Waals surface area contributed by atoms with Crippen LogP contribution in [-0.4, -0.2) is 19.4 Å². The van der Waals surface area contributed by atoms with Gasteiger partial charge in [-0.05, 0) is 37.6 Å². The molecule has 0 unspecified atom stereocenters. The highest BCUT2D eigenvalue weighted by atomic mass is 16.5. The third kappa shape index (κ3) is 4.62. The summed E-state index contributed by atoms with van der Waals surface area (Å²) in [5.41, 5.74) is 1.58. The highest BCUT2D eigenvalue weighted by Crippen LogP contribution is 2.12. The van der Waals surface area contributed by atoms with Crippen molar-refractivity contribution in [3.05, 3.63) is 41.6 Å². The van der Waals surface area contributed by atoms with Gasteiger partial charge in [0.2, 0.25) is 0 Å². The zero-order chi connectivity index (χ0) is 13.4. The minimum atomic E-state index is 0.0131. The van der Waals surface area contributed by atoms with Gasteiger partial charge in [-0.25, -0.2) is 0 Å². The van der Waals surface area contributed by atoms with E-state index in [2.05, 4.69) is 12.2 Å². The molecule has 0 aliphatic heterocycles. The molecule has 0 fully saturated rings. The van der Waals surface area contributed by atoms with Crippen LogP contribution >= 0.6 is 0 Å². The number of ketones is 1. The second-order valence-electron chi connectivity index (χ2n) is 4.20. The summed E-state index contributed by atoms with van der Waals surface area (Å²) in [4.78, 5) is 11.9. The maximum atomic E-state index is 11.9. The minimum absolute atomic E-state index is 0.0131. The number of hydrogen-bond donors (Lipinski definition) is 1. The molecule has 98 valence electrons. The van der Waals surface area contributed by atoms with Gasteiger partial charge in [-0.15, -0.1) is 0 Å². The van der Waals surface area contributed by atoms with E-state index in [1.54, 1.807) is 37.5 Å². The number of carbonyl (C=O) groups excluding carboxylic acids is 1. The molecule has 1 aromatic rings. The van der Waals surface area contributed by atoms with Crippen molar-refractivity contribution in [1.82, 2.24) is 5.32 Å². The molecule has 0 radical (unpaired) electrons. The number of ether oxygens (including phenoxy) is 1. The molecule has 0 atom stereocenters. The van der Waals surface area contributed by atoms with Crippen molar-refractivity contribution in [1.29, 1.82) is 0 Å². The van der Waals surface area contributed by atoms with Crippen LogP contribution in [0.1, 0.15) is 37.0 Å². The van der Waals surface area contributed by atoms with Gasteiger partial charge in [0, 0.05) is 23.9 Å². The number of unbranched alkanes of at least 4 members (excludes halogenated alkanes) is 1. The van der Waals surface area contributed by atoms with Crippen LogP contribution in [0, 0.1) is 0 Å². The number of hydrogen-bond acceptors (Lipinski definition) is 3. The van der Waals surface area contributed by atoms with Crippen molar-refractivity contribution in [2.75, 3.05) is 13.7 Å². The summed E-state index contributed by atoms with van der Waals surface area (Å²) in [6.07, 6.45) is 3.89. The van der Waals surface area contributed by atoms with E-state index in [4.69, 9.17) is 4.74 Å². The summed E-state index contributed by atoms with van der Waals surface area (Å²) in [6.45, 7) is 4.97. The Bertz CT molecular complexity index is 407. The van der Waals surface area contributed by atoms with E-state index in [1.807, 2.05) is 6.92 Å². The predicted octanol–water partition coefficient (Wildman–Crippen LogP) is 3.17. The van der Waals surface area contributed by atoms with Gasteiger partial charge in [0.15, 0.2) is 5.78 Å². The number of rotatable bonds is 7. The monoisotopic (exact) mass is 247 g/mol. The molecule has 0 aromatic heterocycles. The first kappa shape index (κ1) is 14.3. The van der Waals surface area contributed by atoms with Crippen molar-refractivity contribution in [2.45, 2.75) is 26.7 Å². The minimum Gasteiger partial charge on any atom is -0.497 e. The molecule has 0 aliphatic rings. The number of benzene rings is 1. The van der Waals surface area contributed by atoms with Crippen LogP contribution in [0.25, 0.3) is 0 Å². The average Bonchev–Trinajstić information content (AvgIpc) is 2.39. The van der Waals surface area contributed by atoms with Gasteiger partial charge in [0.05, 0.1) is 7.11 Å². The molecular formula is C15H21NO2. The Kier molecular flexibility index (Phi) is 5.98. The van der Waals surface area contributed by atoms with E-state index in [-0.39, 0.29) is 5.78 Å². The molecule has 3 nitrogen and oxygen atoms in total. The first-order chi connectivity index (χ1) is 8.67. The molecule has 0 aliphatic carbocycles. The molecule has 0 heterocycles. The van der Waals surface area contributed by atoms with Crippen molar-refractivity contribution in [3.8, 4) is 5.75 Å². The van der Waals surface area contributed by atoms with Gasteiger partial charge in [-0.2, -0.15) is 0 Å². The maximum Gasteiger partial charge on any atom is 0.187 e. The third-order valence-corrected chi connectivity index (χ3v) is 2.66. The van der Waals surface area contributed by atoms with Crippen molar-refractivity contribution in [2.24, 2.45) is 0 Å². The number of nitrogens with one attached hydrogen (secondary N) is 1. The lowest BCUT2D eigenvalue weighted by atomic mass is 10.1. The van der Waals surface area contributed by atoms with Gasteiger partial charge in [-0.3, -0.25) is 4.79 Å². The van der Waals surface area contributed by atoms with Gasteiger partial charge in [0.25, 0.3) is 0 Å². The summed E-state index contributed by atoms with van der Waals surface area (Å²) in [6, 6.07) is 7.13. The number of carbonyl (C=O) groups is 1. The Morgan fingerprint density at radius 1 is 1.33 bits per heavy atom. The fourth-order valence-corrected chi connectivity index (χ4v) is 1.55. The highest BCUT2D eigenvalue weighted by Gasteiger charge is 2.03. The van der Waals surface area contributed by atoms with Crippen LogP contribution < -0.4 is 10.1 Å². The van der Waals surface area contributed by atoms with Crippen LogP contribution in [0.2, 0.25) is 0 Å². The standard InChI is InChI=1S/C15H21NO2/c1-4-5-10-16-12(2)11-15(17)13-6-8-14(18-3)9-7-13/h6-9,11,16H,4-5,10H2,1-3H3/b12-11-. The zero-order valence-electron chi connectivity index (χ0n) is 11.3. The molecule has 0 amide bonds. The summed E-state index contributed by atoms with van der Waals surface area (Å²) < 4.78 is 5.06. The van der Waals surface area contributed by atoms with Gasteiger partial charge >= 0.3 is 0 Å². The highest BCUT2D eigenvalue weighted by molar-refractivity contribution is 6.04. The Morgan fingerprint density at radius 3 is 2.56 bits per heavy atom. The molecular weight excluding hydrogens is 226 g/mol. The molecule has 18 heavy (non-hydrogen) atoms. The van der Waals surface area contributed by atoms with E-state index < -0.39 is 0 Å². The number of allylic oxidation sites excluding steroid dienone is 2. The first-order valence-corrected chi connectivity index (χ1v) is 6.28. The van der Waals surface area contributed by atoms with Gasteiger partial charge in [-0.1, -0.05) is 13.3 Å². The number of methoxy groups -OCH3 is 1. The second-order valence-corrected chi connectivity index (χ2v) is 4.20. The first-order valence-electron chi connectivity index (χ1n) is 6.28. The molecule has 0 saturated heterocycles. The Labute approximate surface area is 109 Å². The third-order valence-electron chi connectivity index (χ3n) is 2.66. The van der Waals surface area contributed by atoms with Crippen LogP contribution in [0.4, 0.5) is 0 Å². The lowest BCUT2D eigenvalue weighted by Gasteiger charge is -2.05. The average molecular weight is 247 g/mol. The molecule has 0 saturated carbocycles. The Hall–Kier alpha value is -1.77. The van der Waals surface area contributed by atoms with Crippen LogP contribution in [0.3, 0.4) is 0 Å². The molecule has 0 bridgehead atoms. The zero-order valence-corrected chi connectivity index (χ0v) is 11.3. The predicted molar refractivity (Wildman–Crippen MR) is 74.0 cm³/mol. The van der Waals surface area contributed by atoms with E-state index >= 15 is 0 Å². The summed E-state index contributed by atoms with van der Waals surface area (Å²) in [7, 11) is 1.61. The summed E-state index contributed by atoms with van der Waals surface area (Å²) in [5.74, 6) is 0.771. The second kappa shape index (κ2) is 7.54. The van der Waals surface area contributed by atoms with Gasteiger partial charge in [0.1, 0.15) is 5.75 Å². The summed E-state index contributed by atoms with van der Waals surface area (Å²) in [5, 5.41) is 3.22. The lowest BCUT2D eigenvalue weighted by molar-refractivity contribution is 0.104.